The van der Waals surface area contributed by atoms with Gasteiger partial charge in [-0.1, -0.05) is 32.9 Å². The van der Waals surface area contributed by atoms with Gasteiger partial charge in [0.1, 0.15) is 0 Å². The van der Waals surface area contributed by atoms with Gasteiger partial charge >= 0.3 is 0 Å². The maximum atomic E-state index is 3.44. The minimum Gasteiger partial charge on any atom is -0.382 e. The maximum absolute atomic E-state index is 3.44. The van der Waals surface area contributed by atoms with Crippen LogP contribution in [0.3, 0.4) is 0 Å². The standard InChI is InChI=1S/C13H20N2/c1-13(2,3)10-15-9-8-14-11-6-4-5-7-12(11)15/h4-7,14H,8-10H2,1-3H3. The summed E-state index contributed by atoms with van der Waals surface area (Å²) in [6.07, 6.45) is 0. The summed E-state index contributed by atoms with van der Waals surface area (Å²) in [5, 5.41) is 3.44. The second-order valence-electron chi connectivity index (χ2n) is 5.43. The first-order valence-corrected chi connectivity index (χ1v) is 5.64. The summed E-state index contributed by atoms with van der Waals surface area (Å²) < 4.78 is 0. The molecule has 0 radical (unpaired) electrons. The van der Waals surface area contributed by atoms with Gasteiger partial charge in [-0.3, -0.25) is 0 Å². The molecular formula is C13H20N2. The van der Waals surface area contributed by atoms with Crippen molar-refractivity contribution in [2.75, 3.05) is 29.9 Å². The van der Waals surface area contributed by atoms with Crippen molar-refractivity contribution < 1.29 is 0 Å². The van der Waals surface area contributed by atoms with E-state index in [-0.39, 0.29) is 0 Å². The molecule has 0 unspecified atom stereocenters. The van der Waals surface area contributed by atoms with Crippen LogP contribution in [0.15, 0.2) is 24.3 Å². The Hall–Kier alpha value is -1.18. The summed E-state index contributed by atoms with van der Waals surface area (Å²) in [6, 6.07) is 8.56. The van der Waals surface area contributed by atoms with Crippen LogP contribution < -0.4 is 10.2 Å². The molecule has 15 heavy (non-hydrogen) atoms. The van der Waals surface area contributed by atoms with Crippen LogP contribution in [0.4, 0.5) is 11.4 Å². The molecule has 0 bridgehead atoms. The van der Waals surface area contributed by atoms with Crippen molar-refractivity contribution in [2.24, 2.45) is 5.41 Å². The van der Waals surface area contributed by atoms with Crippen molar-refractivity contribution in [3.05, 3.63) is 24.3 Å². The molecule has 0 fully saturated rings. The fraction of sp³-hybridized carbons (Fsp3) is 0.538. The summed E-state index contributed by atoms with van der Waals surface area (Å²) >= 11 is 0. The van der Waals surface area contributed by atoms with Crippen LogP contribution in [0.25, 0.3) is 0 Å². The first kappa shape index (κ1) is 10.3. The highest BCUT2D eigenvalue weighted by atomic mass is 15.2. The lowest BCUT2D eigenvalue weighted by atomic mass is 9.95. The van der Waals surface area contributed by atoms with Gasteiger partial charge in [-0.05, 0) is 17.5 Å². The van der Waals surface area contributed by atoms with Gasteiger partial charge in [-0.15, -0.1) is 0 Å². The highest BCUT2D eigenvalue weighted by Gasteiger charge is 2.20. The van der Waals surface area contributed by atoms with E-state index >= 15 is 0 Å². The predicted octanol–water partition coefficient (Wildman–Crippen LogP) is 2.96. The average molecular weight is 204 g/mol. The van der Waals surface area contributed by atoms with Gasteiger partial charge in [0.15, 0.2) is 0 Å². The van der Waals surface area contributed by atoms with Gasteiger partial charge in [0.05, 0.1) is 11.4 Å². The molecule has 1 aromatic rings. The number of nitrogens with zero attached hydrogens (tertiary/aromatic N) is 1. The van der Waals surface area contributed by atoms with E-state index in [0.29, 0.717) is 5.41 Å². The summed E-state index contributed by atoms with van der Waals surface area (Å²) in [6.45, 7) is 10.1. The van der Waals surface area contributed by atoms with Gasteiger partial charge in [0.2, 0.25) is 0 Å². The van der Waals surface area contributed by atoms with Crippen molar-refractivity contribution in [3.63, 3.8) is 0 Å². The molecule has 1 aliphatic heterocycles. The Bertz CT molecular complexity index is 339. The van der Waals surface area contributed by atoms with Gasteiger partial charge in [-0.2, -0.15) is 0 Å². The molecule has 2 rings (SSSR count). The number of para-hydroxylation sites is 2. The number of rotatable bonds is 1. The van der Waals surface area contributed by atoms with Crippen LogP contribution >= 0.6 is 0 Å². The van der Waals surface area contributed by atoms with E-state index in [1.54, 1.807) is 0 Å². The Morgan fingerprint density at radius 2 is 2.00 bits per heavy atom. The van der Waals surface area contributed by atoms with Crippen LogP contribution in [0.5, 0.6) is 0 Å². The summed E-state index contributed by atoms with van der Waals surface area (Å²) in [5.74, 6) is 0. The molecule has 1 heterocycles. The summed E-state index contributed by atoms with van der Waals surface area (Å²) in [5.41, 5.74) is 2.97. The molecule has 0 saturated heterocycles. The third-order valence-corrected chi connectivity index (χ3v) is 2.61. The van der Waals surface area contributed by atoms with Crippen molar-refractivity contribution in [3.8, 4) is 0 Å². The fourth-order valence-corrected chi connectivity index (χ4v) is 2.08. The van der Waals surface area contributed by atoms with E-state index in [1.165, 1.54) is 11.4 Å². The second-order valence-corrected chi connectivity index (χ2v) is 5.43. The molecule has 1 aromatic carbocycles. The van der Waals surface area contributed by atoms with Crippen LogP contribution in [-0.4, -0.2) is 19.6 Å². The van der Waals surface area contributed by atoms with Crippen molar-refractivity contribution in [2.45, 2.75) is 20.8 Å². The molecule has 0 amide bonds. The van der Waals surface area contributed by atoms with Crippen LogP contribution in [0, 0.1) is 5.41 Å². The molecule has 82 valence electrons. The van der Waals surface area contributed by atoms with Gasteiger partial charge in [-0.25, -0.2) is 0 Å². The maximum Gasteiger partial charge on any atom is 0.0602 e. The monoisotopic (exact) mass is 204 g/mol. The molecule has 2 nitrogen and oxygen atoms in total. The van der Waals surface area contributed by atoms with E-state index in [1.807, 2.05) is 0 Å². The smallest absolute Gasteiger partial charge is 0.0602 e. The van der Waals surface area contributed by atoms with E-state index in [0.717, 1.165) is 19.6 Å². The number of nitrogens with one attached hydrogen (secondary N) is 1. The molecule has 1 aliphatic rings. The summed E-state index contributed by atoms with van der Waals surface area (Å²) in [4.78, 5) is 2.48. The molecule has 0 aliphatic carbocycles. The van der Waals surface area contributed by atoms with E-state index in [4.69, 9.17) is 0 Å². The molecule has 0 atom stereocenters. The van der Waals surface area contributed by atoms with E-state index in [2.05, 4.69) is 55.3 Å². The zero-order chi connectivity index (χ0) is 10.9. The van der Waals surface area contributed by atoms with Crippen LogP contribution in [0.2, 0.25) is 0 Å². The lowest BCUT2D eigenvalue weighted by Crippen LogP contribution is -2.39. The number of benzene rings is 1. The highest BCUT2D eigenvalue weighted by Crippen LogP contribution is 2.30. The zero-order valence-electron chi connectivity index (χ0n) is 9.88. The SMILES string of the molecule is CC(C)(C)CN1CCNc2ccccc21. The van der Waals surface area contributed by atoms with Gasteiger partial charge in [0.25, 0.3) is 0 Å². The molecule has 0 saturated carbocycles. The van der Waals surface area contributed by atoms with Gasteiger partial charge < -0.3 is 10.2 Å². The van der Waals surface area contributed by atoms with E-state index < -0.39 is 0 Å². The second kappa shape index (κ2) is 3.76. The van der Waals surface area contributed by atoms with Crippen LogP contribution in [-0.2, 0) is 0 Å². The minimum atomic E-state index is 0.352. The van der Waals surface area contributed by atoms with E-state index in [9.17, 15) is 0 Å². The Labute approximate surface area is 92.3 Å². The highest BCUT2D eigenvalue weighted by molar-refractivity contribution is 5.71. The largest absolute Gasteiger partial charge is 0.382 e. The molecule has 2 heteroatoms. The Morgan fingerprint density at radius 1 is 1.27 bits per heavy atom. The van der Waals surface area contributed by atoms with Crippen molar-refractivity contribution in [1.29, 1.82) is 0 Å². The first-order chi connectivity index (χ1) is 7.06. The van der Waals surface area contributed by atoms with Crippen molar-refractivity contribution in [1.82, 2.24) is 0 Å². The minimum absolute atomic E-state index is 0.352. The normalized spacial score (nSPS) is 15.8. The predicted molar refractivity (Wildman–Crippen MR) is 66.6 cm³/mol. The third-order valence-electron chi connectivity index (χ3n) is 2.61. The quantitative estimate of drug-likeness (QED) is 0.756. The number of hydrogen-bond acceptors (Lipinski definition) is 2. The Balaban J connectivity index is 2.22. The van der Waals surface area contributed by atoms with Crippen molar-refractivity contribution >= 4 is 11.4 Å². The first-order valence-electron chi connectivity index (χ1n) is 5.64. The molecule has 1 N–H and O–H groups in total. The lowest BCUT2D eigenvalue weighted by molar-refractivity contribution is 0.410. The Kier molecular flexibility index (Phi) is 2.59. The topological polar surface area (TPSA) is 15.3 Å². The fourth-order valence-electron chi connectivity index (χ4n) is 2.08. The zero-order valence-corrected chi connectivity index (χ0v) is 9.88. The number of hydrogen-bond donors (Lipinski definition) is 1. The third kappa shape index (κ3) is 2.44. The Morgan fingerprint density at radius 3 is 2.73 bits per heavy atom. The number of anilines is 2. The molecule has 0 spiro atoms. The van der Waals surface area contributed by atoms with Crippen LogP contribution in [0.1, 0.15) is 20.8 Å². The summed E-state index contributed by atoms with van der Waals surface area (Å²) in [7, 11) is 0. The molecule has 0 aromatic heterocycles. The van der Waals surface area contributed by atoms with Gasteiger partial charge in [0, 0.05) is 19.6 Å². The average Bonchev–Trinajstić information content (AvgIpc) is 2.16. The lowest BCUT2D eigenvalue weighted by Gasteiger charge is -2.36. The number of fused-ring (bicyclic) bond motifs is 1. The molecular weight excluding hydrogens is 184 g/mol.